The van der Waals surface area contributed by atoms with Gasteiger partial charge in [0.25, 0.3) is 0 Å². The van der Waals surface area contributed by atoms with E-state index in [2.05, 4.69) is 4.99 Å². The van der Waals surface area contributed by atoms with Crippen molar-refractivity contribution in [2.75, 3.05) is 6.61 Å². The second kappa shape index (κ2) is 7.23. The van der Waals surface area contributed by atoms with Gasteiger partial charge in [-0.3, -0.25) is 0 Å². The minimum absolute atomic E-state index is 0.0930. The van der Waals surface area contributed by atoms with E-state index in [0.717, 1.165) is 22.6 Å². The number of carbonyl (C=O) groups excluding carboxylic acids is 1. The van der Waals surface area contributed by atoms with E-state index in [1.165, 1.54) is 12.1 Å². The summed E-state index contributed by atoms with van der Waals surface area (Å²) in [5, 5.41) is 10.4. The molecule has 1 aromatic carbocycles. The summed E-state index contributed by atoms with van der Waals surface area (Å²) in [5.74, 6) is -1.06. The van der Waals surface area contributed by atoms with Crippen LogP contribution in [0.1, 0.15) is 30.8 Å². The number of halogens is 1. The van der Waals surface area contributed by atoms with Crippen LogP contribution < -0.4 is 0 Å². The molecule has 1 aliphatic rings. The van der Waals surface area contributed by atoms with Gasteiger partial charge in [-0.1, -0.05) is 0 Å². The Hall–Kier alpha value is -3.15. The monoisotopic (exact) mass is 368 g/mol. The maximum absolute atomic E-state index is 13.2. The lowest BCUT2D eigenvalue weighted by Gasteiger charge is -2.09. The second-order valence-electron chi connectivity index (χ2n) is 6.31. The van der Waals surface area contributed by atoms with E-state index in [9.17, 15) is 14.3 Å². The summed E-state index contributed by atoms with van der Waals surface area (Å²) in [6.07, 6.45) is 1.73. The lowest BCUT2D eigenvalue weighted by molar-refractivity contribution is -0.138. The number of aliphatic hydroxyl groups excluding tert-OH is 1. The van der Waals surface area contributed by atoms with Crippen LogP contribution in [-0.4, -0.2) is 28.0 Å². The van der Waals surface area contributed by atoms with Gasteiger partial charge in [-0.15, -0.1) is 0 Å². The molecule has 0 saturated heterocycles. The molecule has 0 saturated carbocycles. The molecule has 0 unspecified atom stereocenters. The van der Waals surface area contributed by atoms with Crippen molar-refractivity contribution in [2.24, 2.45) is 4.99 Å². The zero-order valence-corrected chi connectivity index (χ0v) is 15.7. The number of rotatable bonds is 4. The standard InChI is InChI=1S/C21H21FN2O3/c1-5-27-21(26)19-13(3)23-18(20(19)25)11-15-10-12(2)24(14(15)4)17-8-6-16(22)7-9-17/h6-11,25H,5H2,1-4H3/b18-11-. The summed E-state index contributed by atoms with van der Waals surface area (Å²) in [7, 11) is 0. The molecule has 140 valence electrons. The number of ether oxygens (including phenoxy) is 1. The molecule has 1 aliphatic heterocycles. The van der Waals surface area contributed by atoms with Gasteiger partial charge >= 0.3 is 5.97 Å². The first-order valence-electron chi connectivity index (χ1n) is 8.66. The van der Waals surface area contributed by atoms with Crippen LogP contribution in [0.4, 0.5) is 4.39 Å². The molecule has 3 rings (SSSR count). The number of aromatic nitrogens is 1. The van der Waals surface area contributed by atoms with E-state index in [-0.39, 0.29) is 23.8 Å². The molecule has 1 aromatic heterocycles. The third-order valence-corrected chi connectivity index (χ3v) is 4.46. The number of hydrogen-bond acceptors (Lipinski definition) is 4. The largest absolute Gasteiger partial charge is 0.505 e. The molecular formula is C21H21FN2O3. The number of nitrogens with zero attached hydrogens (tertiary/aromatic N) is 2. The lowest BCUT2D eigenvalue weighted by atomic mass is 10.1. The van der Waals surface area contributed by atoms with Crippen LogP contribution in [-0.2, 0) is 9.53 Å². The van der Waals surface area contributed by atoms with Crippen molar-refractivity contribution >= 4 is 17.8 Å². The predicted octanol–water partition coefficient (Wildman–Crippen LogP) is 4.42. The minimum atomic E-state index is -0.587. The first-order valence-corrected chi connectivity index (χ1v) is 8.66. The van der Waals surface area contributed by atoms with Gasteiger partial charge in [-0.2, -0.15) is 0 Å². The highest BCUT2D eigenvalue weighted by atomic mass is 19.1. The quantitative estimate of drug-likeness (QED) is 0.813. The van der Waals surface area contributed by atoms with Crippen LogP contribution in [0.15, 0.2) is 52.4 Å². The van der Waals surface area contributed by atoms with Crippen LogP contribution in [0.25, 0.3) is 11.8 Å². The highest BCUT2D eigenvalue weighted by Gasteiger charge is 2.28. The van der Waals surface area contributed by atoms with Gasteiger partial charge in [-0.25, -0.2) is 14.2 Å². The normalized spacial score (nSPS) is 15.4. The summed E-state index contributed by atoms with van der Waals surface area (Å²) in [6, 6.07) is 8.20. The van der Waals surface area contributed by atoms with Crippen LogP contribution >= 0.6 is 0 Å². The Kier molecular flexibility index (Phi) is 4.99. The average Bonchev–Trinajstić information content (AvgIpc) is 3.05. The smallest absolute Gasteiger partial charge is 0.343 e. The van der Waals surface area contributed by atoms with Crippen LogP contribution in [0.5, 0.6) is 0 Å². The van der Waals surface area contributed by atoms with Gasteiger partial charge in [-0.05, 0) is 69.7 Å². The Morgan fingerprint density at radius 3 is 2.56 bits per heavy atom. The predicted molar refractivity (Wildman–Crippen MR) is 103 cm³/mol. The van der Waals surface area contributed by atoms with Gasteiger partial charge in [0.1, 0.15) is 17.1 Å². The van der Waals surface area contributed by atoms with Crippen molar-refractivity contribution in [3.63, 3.8) is 0 Å². The number of aliphatic imine (C=N–C) groups is 1. The Bertz CT molecular complexity index is 995. The van der Waals surface area contributed by atoms with E-state index in [4.69, 9.17) is 4.74 Å². The van der Waals surface area contributed by atoms with E-state index in [1.807, 2.05) is 24.5 Å². The molecule has 27 heavy (non-hydrogen) atoms. The third kappa shape index (κ3) is 3.43. The van der Waals surface area contributed by atoms with Crippen LogP contribution in [0.2, 0.25) is 0 Å². The number of hydrogen-bond donors (Lipinski definition) is 1. The number of benzene rings is 1. The summed E-state index contributed by atoms with van der Waals surface area (Å²) in [4.78, 5) is 16.3. The second-order valence-corrected chi connectivity index (χ2v) is 6.31. The lowest BCUT2D eigenvalue weighted by Crippen LogP contribution is -2.13. The topological polar surface area (TPSA) is 63.8 Å². The van der Waals surface area contributed by atoms with E-state index in [1.54, 1.807) is 32.1 Å². The highest BCUT2D eigenvalue weighted by Crippen LogP contribution is 2.29. The van der Waals surface area contributed by atoms with Gasteiger partial charge in [0.2, 0.25) is 0 Å². The van der Waals surface area contributed by atoms with Crippen molar-refractivity contribution in [2.45, 2.75) is 27.7 Å². The SMILES string of the molecule is CCOC(=O)C1=C(O)/C(=C/c2cc(C)n(-c3ccc(F)cc3)c2C)N=C1C. The van der Waals surface area contributed by atoms with E-state index < -0.39 is 5.97 Å². The molecule has 2 heterocycles. The molecular weight excluding hydrogens is 347 g/mol. The van der Waals surface area contributed by atoms with Crippen molar-refractivity contribution in [3.05, 3.63) is 70.1 Å². The third-order valence-electron chi connectivity index (χ3n) is 4.46. The van der Waals surface area contributed by atoms with Crippen molar-refractivity contribution in [3.8, 4) is 5.69 Å². The first kappa shape index (κ1) is 18.6. The van der Waals surface area contributed by atoms with Gasteiger partial charge < -0.3 is 14.4 Å². The van der Waals surface area contributed by atoms with E-state index in [0.29, 0.717) is 11.4 Å². The van der Waals surface area contributed by atoms with Crippen LogP contribution in [0.3, 0.4) is 0 Å². The maximum Gasteiger partial charge on any atom is 0.343 e. The zero-order valence-electron chi connectivity index (χ0n) is 15.7. The van der Waals surface area contributed by atoms with Crippen LogP contribution in [0, 0.1) is 19.7 Å². The fourth-order valence-electron chi connectivity index (χ4n) is 3.21. The van der Waals surface area contributed by atoms with E-state index >= 15 is 0 Å². The Labute approximate surface area is 157 Å². The van der Waals surface area contributed by atoms with Gasteiger partial charge in [0.05, 0.1) is 12.3 Å². The number of esters is 1. The molecule has 0 amide bonds. The zero-order chi connectivity index (χ0) is 19.7. The molecule has 5 nitrogen and oxygen atoms in total. The summed E-state index contributed by atoms with van der Waals surface area (Å²) < 4.78 is 20.2. The fourth-order valence-corrected chi connectivity index (χ4v) is 3.21. The Balaban J connectivity index is 2.03. The molecule has 2 aromatic rings. The first-order chi connectivity index (χ1) is 12.8. The van der Waals surface area contributed by atoms with Crippen molar-refractivity contribution < 1.29 is 19.0 Å². The molecule has 0 spiro atoms. The Morgan fingerprint density at radius 1 is 1.26 bits per heavy atom. The molecule has 0 aliphatic carbocycles. The Morgan fingerprint density at radius 2 is 1.93 bits per heavy atom. The average molecular weight is 368 g/mol. The number of aliphatic hydroxyl groups is 1. The molecule has 0 fully saturated rings. The van der Waals surface area contributed by atoms with Gasteiger partial charge in [0.15, 0.2) is 5.76 Å². The molecule has 0 atom stereocenters. The fraction of sp³-hybridized carbons (Fsp3) is 0.238. The summed E-state index contributed by atoms with van der Waals surface area (Å²) in [5.41, 5.74) is 4.39. The number of carbonyl (C=O) groups is 1. The van der Waals surface area contributed by atoms with Crippen molar-refractivity contribution in [1.29, 1.82) is 0 Å². The maximum atomic E-state index is 13.2. The number of aryl methyl sites for hydroxylation is 1. The minimum Gasteiger partial charge on any atom is -0.505 e. The molecule has 0 radical (unpaired) electrons. The molecule has 0 bridgehead atoms. The molecule has 1 N–H and O–H groups in total. The summed E-state index contributed by atoms with van der Waals surface area (Å²) in [6.45, 7) is 7.46. The van der Waals surface area contributed by atoms with Crippen molar-refractivity contribution in [1.82, 2.24) is 4.57 Å². The molecule has 6 heteroatoms. The highest BCUT2D eigenvalue weighted by molar-refractivity contribution is 6.22. The summed E-state index contributed by atoms with van der Waals surface area (Å²) >= 11 is 0. The van der Waals surface area contributed by atoms with Gasteiger partial charge in [0, 0.05) is 17.1 Å².